The minimum atomic E-state index is -1.27. The van der Waals surface area contributed by atoms with Crippen molar-refractivity contribution in [1.82, 2.24) is 4.90 Å². The summed E-state index contributed by atoms with van der Waals surface area (Å²) < 4.78 is 68.1. The number of benzene rings is 2. The van der Waals surface area contributed by atoms with Gasteiger partial charge in [-0.2, -0.15) is 0 Å². The van der Waals surface area contributed by atoms with E-state index in [0.29, 0.717) is 36.8 Å². The maximum atomic E-state index is 16.1. The van der Waals surface area contributed by atoms with Gasteiger partial charge >= 0.3 is 0 Å². The number of hydrogen-bond donors (Lipinski definition) is 0. The van der Waals surface area contributed by atoms with E-state index in [4.69, 9.17) is 9.47 Å². The number of methoxy groups -OCH3 is 2. The molecule has 3 nitrogen and oxygen atoms in total. The predicted molar refractivity (Wildman–Crippen MR) is 117 cm³/mol. The van der Waals surface area contributed by atoms with E-state index in [2.05, 4.69) is 4.90 Å². The predicted octanol–water partition coefficient (Wildman–Crippen LogP) is 5.76. The highest BCUT2D eigenvalue weighted by Gasteiger charge is 2.49. The molecule has 178 valence electrons. The quantitative estimate of drug-likeness (QED) is 0.402. The van der Waals surface area contributed by atoms with E-state index in [1.54, 1.807) is 14.2 Å². The van der Waals surface area contributed by atoms with Gasteiger partial charge in [0.15, 0.2) is 23.1 Å². The molecule has 2 saturated heterocycles. The zero-order valence-corrected chi connectivity index (χ0v) is 19.0. The van der Waals surface area contributed by atoms with Crippen LogP contribution in [0.3, 0.4) is 0 Å². The van der Waals surface area contributed by atoms with Crippen LogP contribution in [0.25, 0.3) is 0 Å². The summed E-state index contributed by atoms with van der Waals surface area (Å²) in [6.07, 6.45) is 4.62. The van der Waals surface area contributed by atoms with Gasteiger partial charge in [0.05, 0.1) is 14.2 Å². The molecule has 0 spiro atoms. The molecule has 2 aromatic rings. The van der Waals surface area contributed by atoms with Crippen LogP contribution in [0.5, 0.6) is 11.5 Å². The van der Waals surface area contributed by atoms with Crippen LogP contribution in [-0.2, 0) is 19.4 Å². The number of nitrogens with zero attached hydrogens (tertiary/aromatic N) is 1. The second-order valence-electron chi connectivity index (χ2n) is 9.93. The van der Waals surface area contributed by atoms with Crippen molar-refractivity contribution in [1.29, 1.82) is 0 Å². The first-order valence-corrected chi connectivity index (χ1v) is 11.6. The molecule has 2 aromatic carbocycles. The Morgan fingerprint density at radius 3 is 1.94 bits per heavy atom. The normalized spacial score (nSPS) is 27.1. The summed E-state index contributed by atoms with van der Waals surface area (Å²) in [6, 6.07) is 5.51. The lowest BCUT2D eigenvalue weighted by Gasteiger charge is -2.43. The minimum absolute atomic E-state index is 0.00905. The van der Waals surface area contributed by atoms with Crippen molar-refractivity contribution in [3.63, 3.8) is 0 Å². The third-order valence-electron chi connectivity index (χ3n) is 7.79. The van der Waals surface area contributed by atoms with Crippen molar-refractivity contribution in [2.24, 2.45) is 5.92 Å². The molecule has 2 bridgehead atoms. The van der Waals surface area contributed by atoms with Crippen LogP contribution in [0, 0.1) is 23.4 Å². The van der Waals surface area contributed by atoms with Crippen LogP contribution in [0.1, 0.15) is 48.8 Å². The first-order chi connectivity index (χ1) is 15.8. The van der Waals surface area contributed by atoms with E-state index < -0.39 is 23.1 Å². The Bertz CT molecular complexity index is 1010. The number of piperidine rings is 1. The second kappa shape index (κ2) is 8.49. The molecule has 2 heterocycles. The van der Waals surface area contributed by atoms with Crippen molar-refractivity contribution >= 4 is 0 Å². The van der Waals surface area contributed by atoms with Crippen LogP contribution in [0.2, 0.25) is 0 Å². The Balaban J connectivity index is 1.26. The maximum Gasteiger partial charge on any atom is 0.161 e. The number of alkyl halides is 1. The summed E-state index contributed by atoms with van der Waals surface area (Å²) in [4.78, 5) is 2.09. The van der Waals surface area contributed by atoms with Gasteiger partial charge in [0.2, 0.25) is 0 Å². The van der Waals surface area contributed by atoms with Crippen molar-refractivity contribution < 1.29 is 27.0 Å². The fourth-order valence-corrected chi connectivity index (χ4v) is 6.39. The van der Waals surface area contributed by atoms with Crippen molar-refractivity contribution in [2.75, 3.05) is 14.2 Å². The van der Waals surface area contributed by atoms with Gasteiger partial charge in [-0.1, -0.05) is 0 Å². The molecule has 0 radical (unpaired) electrons. The SMILES string of the molecule is COc1cc2c(cc1OC)CC(CC1(F)CC3CCC(C1)N3Cc1cc(F)c(F)cc1F)C2. The number of rotatable bonds is 6. The van der Waals surface area contributed by atoms with E-state index in [-0.39, 0.29) is 30.1 Å². The second-order valence-corrected chi connectivity index (χ2v) is 9.93. The lowest BCUT2D eigenvalue weighted by molar-refractivity contribution is -0.00799. The molecule has 5 rings (SSSR count). The molecule has 3 aliphatic rings. The van der Waals surface area contributed by atoms with Gasteiger partial charge in [-0.15, -0.1) is 0 Å². The molecule has 1 aliphatic carbocycles. The Hall–Kier alpha value is -2.28. The molecule has 0 amide bonds. The molecule has 0 N–H and O–H groups in total. The van der Waals surface area contributed by atoms with Crippen molar-refractivity contribution in [2.45, 2.75) is 69.2 Å². The topological polar surface area (TPSA) is 21.7 Å². The Morgan fingerprint density at radius 2 is 1.39 bits per heavy atom. The largest absolute Gasteiger partial charge is 0.493 e. The third-order valence-corrected chi connectivity index (χ3v) is 7.79. The summed E-state index contributed by atoms with van der Waals surface area (Å²) in [7, 11) is 3.23. The highest BCUT2D eigenvalue weighted by molar-refractivity contribution is 5.49. The van der Waals surface area contributed by atoms with Gasteiger partial charge in [-0.25, -0.2) is 17.6 Å². The fourth-order valence-electron chi connectivity index (χ4n) is 6.39. The molecule has 2 unspecified atom stereocenters. The van der Waals surface area contributed by atoms with Gasteiger partial charge in [0.1, 0.15) is 11.5 Å². The molecular weight excluding hydrogens is 434 g/mol. The van der Waals surface area contributed by atoms with Crippen LogP contribution in [-0.4, -0.2) is 36.9 Å². The molecule has 2 atom stereocenters. The Morgan fingerprint density at radius 1 is 0.848 bits per heavy atom. The van der Waals surface area contributed by atoms with Crippen LogP contribution >= 0.6 is 0 Å². The minimum Gasteiger partial charge on any atom is -0.493 e. The summed E-state index contributed by atoms with van der Waals surface area (Å²) in [5.41, 5.74) is 1.24. The lowest BCUT2D eigenvalue weighted by Crippen LogP contribution is -2.49. The van der Waals surface area contributed by atoms with E-state index in [1.165, 1.54) is 11.1 Å². The summed E-state index contributed by atoms with van der Waals surface area (Å²) in [5.74, 6) is -1.38. The van der Waals surface area contributed by atoms with Gasteiger partial charge < -0.3 is 9.47 Å². The molecule has 2 aliphatic heterocycles. The van der Waals surface area contributed by atoms with E-state index in [1.807, 2.05) is 12.1 Å². The van der Waals surface area contributed by atoms with Crippen molar-refractivity contribution in [3.8, 4) is 11.5 Å². The van der Waals surface area contributed by atoms with Crippen LogP contribution in [0.15, 0.2) is 24.3 Å². The van der Waals surface area contributed by atoms with Crippen LogP contribution in [0.4, 0.5) is 17.6 Å². The number of hydrogen-bond acceptors (Lipinski definition) is 3. The zero-order chi connectivity index (χ0) is 23.3. The van der Waals surface area contributed by atoms with Gasteiger partial charge in [0.25, 0.3) is 0 Å². The highest BCUT2D eigenvalue weighted by atomic mass is 19.2. The van der Waals surface area contributed by atoms with Gasteiger partial charge in [-0.3, -0.25) is 4.90 Å². The standard InChI is InChI=1S/C26H29F4NO2/c1-32-24-8-16-5-15(6-17(16)9-25(24)33-2)11-26(30)12-19-3-4-20(13-26)31(19)14-18-7-22(28)23(29)10-21(18)27/h7-10,15,19-20H,3-6,11-14H2,1-2H3. The summed E-state index contributed by atoms with van der Waals surface area (Å²) in [5, 5.41) is 0. The maximum absolute atomic E-state index is 16.1. The van der Waals surface area contributed by atoms with Crippen molar-refractivity contribution in [3.05, 3.63) is 58.4 Å². The Labute approximate surface area is 191 Å². The molecule has 7 heteroatoms. The first-order valence-electron chi connectivity index (χ1n) is 11.6. The fraction of sp³-hybridized carbons (Fsp3) is 0.538. The molecular formula is C26H29F4NO2. The smallest absolute Gasteiger partial charge is 0.161 e. The first kappa shape index (κ1) is 22.5. The Kier molecular flexibility index (Phi) is 5.79. The van der Waals surface area contributed by atoms with Crippen LogP contribution < -0.4 is 9.47 Å². The van der Waals surface area contributed by atoms with Gasteiger partial charge in [0, 0.05) is 30.3 Å². The number of ether oxygens (including phenoxy) is 2. The van der Waals surface area contributed by atoms with Gasteiger partial charge in [-0.05, 0) is 80.2 Å². The number of halogens is 4. The van der Waals surface area contributed by atoms with E-state index >= 15 is 4.39 Å². The highest BCUT2D eigenvalue weighted by Crippen LogP contribution is 2.48. The molecule has 33 heavy (non-hydrogen) atoms. The summed E-state index contributed by atoms with van der Waals surface area (Å²) in [6.45, 7) is 0.183. The number of fused-ring (bicyclic) bond motifs is 3. The monoisotopic (exact) mass is 463 g/mol. The molecule has 0 saturated carbocycles. The lowest BCUT2D eigenvalue weighted by atomic mass is 9.80. The molecule has 2 fully saturated rings. The average Bonchev–Trinajstić information content (AvgIpc) is 3.27. The van der Waals surface area contributed by atoms with E-state index in [0.717, 1.165) is 31.7 Å². The zero-order valence-electron chi connectivity index (χ0n) is 19.0. The third kappa shape index (κ3) is 4.20. The summed E-state index contributed by atoms with van der Waals surface area (Å²) >= 11 is 0. The average molecular weight is 464 g/mol. The van der Waals surface area contributed by atoms with E-state index in [9.17, 15) is 13.2 Å². The molecule has 0 aromatic heterocycles.